The van der Waals surface area contributed by atoms with Gasteiger partial charge in [0.1, 0.15) is 0 Å². The monoisotopic (exact) mass is 214 g/mol. The highest BCUT2D eigenvalue weighted by Gasteiger charge is 2.15. The van der Waals surface area contributed by atoms with Gasteiger partial charge in [0, 0.05) is 20.1 Å². The summed E-state index contributed by atoms with van der Waals surface area (Å²) in [4.78, 5) is 0. The predicted molar refractivity (Wildman–Crippen MR) is 55.3 cm³/mol. The lowest BCUT2D eigenvalue weighted by Crippen LogP contribution is -2.16. The molecular weight excluding hydrogens is 196 g/mol. The fraction of sp³-hybridized carbons (Fsp3) is 0.778. The maximum atomic E-state index is 9.07. The molecule has 0 fully saturated rings. The quantitative estimate of drug-likeness (QED) is 0.665. The first-order chi connectivity index (χ1) is 7.24. The van der Waals surface area contributed by atoms with Gasteiger partial charge in [0.25, 0.3) is 0 Å². The molecule has 0 saturated carbocycles. The van der Waals surface area contributed by atoms with Crippen LogP contribution in [0.5, 0.6) is 0 Å². The SMILES string of the molecule is COCCc1c(CN)nnn1C(C)CO. The molecule has 0 amide bonds. The molecule has 15 heavy (non-hydrogen) atoms. The summed E-state index contributed by atoms with van der Waals surface area (Å²) in [5.74, 6) is 0. The Morgan fingerprint density at radius 2 is 2.33 bits per heavy atom. The molecule has 0 saturated heterocycles. The number of nitrogens with zero attached hydrogens (tertiary/aromatic N) is 3. The molecule has 0 spiro atoms. The third-order valence-corrected chi connectivity index (χ3v) is 2.29. The summed E-state index contributed by atoms with van der Waals surface area (Å²) in [6.45, 7) is 2.87. The molecule has 1 heterocycles. The van der Waals surface area contributed by atoms with Crippen molar-refractivity contribution < 1.29 is 9.84 Å². The molecule has 0 radical (unpaired) electrons. The van der Waals surface area contributed by atoms with Gasteiger partial charge in [-0.2, -0.15) is 0 Å². The third kappa shape index (κ3) is 2.74. The second-order valence-corrected chi connectivity index (χ2v) is 3.41. The first-order valence-corrected chi connectivity index (χ1v) is 4.97. The number of hydrogen-bond donors (Lipinski definition) is 2. The third-order valence-electron chi connectivity index (χ3n) is 2.29. The number of aliphatic hydroxyl groups excluding tert-OH is 1. The fourth-order valence-electron chi connectivity index (χ4n) is 1.39. The number of methoxy groups -OCH3 is 1. The maximum absolute atomic E-state index is 9.07. The van der Waals surface area contributed by atoms with E-state index in [0.717, 1.165) is 11.4 Å². The van der Waals surface area contributed by atoms with Crippen molar-refractivity contribution in [2.24, 2.45) is 5.73 Å². The summed E-state index contributed by atoms with van der Waals surface area (Å²) in [6.07, 6.45) is 0.709. The standard InChI is InChI=1S/C9H18N4O2/c1-7(6-14)13-9(3-4-15-2)8(5-10)11-12-13/h7,14H,3-6,10H2,1-2H3. The second-order valence-electron chi connectivity index (χ2n) is 3.41. The lowest BCUT2D eigenvalue weighted by molar-refractivity contribution is 0.194. The van der Waals surface area contributed by atoms with Crippen molar-refractivity contribution in [3.05, 3.63) is 11.4 Å². The van der Waals surface area contributed by atoms with E-state index in [4.69, 9.17) is 15.6 Å². The van der Waals surface area contributed by atoms with Crippen LogP contribution in [0.3, 0.4) is 0 Å². The predicted octanol–water partition coefficient (Wildman–Crippen LogP) is -0.521. The Kier molecular flexibility index (Phi) is 4.67. The zero-order valence-corrected chi connectivity index (χ0v) is 9.18. The van der Waals surface area contributed by atoms with Crippen molar-refractivity contribution in [1.82, 2.24) is 15.0 Å². The summed E-state index contributed by atoms with van der Waals surface area (Å²) in [7, 11) is 1.64. The number of ether oxygens (including phenoxy) is 1. The Hall–Kier alpha value is -0.980. The van der Waals surface area contributed by atoms with Gasteiger partial charge in [0.05, 0.1) is 30.6 Å². The van der Waals surface area contributed by atoms with E-state index in [1.807, 2.05) is 6.92 Å². The van der Waals surface area contributed by atoms with Crippen LogP contribution in [0.15, 0.2) is 0 Å². The molecule has 6 nitrogen and oxygen atoms in total. The van der Waals surface area contributed by atoms with Crippen LogP contribution in [0.1, 0.15) is 24.4 Å². The van der Waals surface area contributed by atoms with Crippen LogP contribution in [0.2, 0.25) is 0 Å². The molecule has 0 aliphatic rings. The summed E-state index contributed by atoms with van der Waals surface area (Å²) in [5, 5.41) is 17.0. The van der Waals surface area contributed by atoms with Crippen LogP contribution in [0.25, 0.3) is 0 Å². The van der Waals surface area contributed by atoms with E-state index in [1.165, 1.54) is 0 Å². The van der Waals surface area contributed by atoms with E-state index in [1.54, 1.807) is 11.8 Å². The van der Waals surface area contributed by atoms with E-state index in [9.17, 15) is 0 Å². The number of aliphatic hydroxyl groups is 1. The highest BCUT2D eigenvalue weighted by molar-refractivity contribution is 5.11. The van der Waals surface area contributed by atoms with Crippen LogP contribution < -0.4 is 5.73 Å². The summed E-state index contributed by atoms with van der Waals surface area (Å²) in [5.41, 5.74) is 7.27. The van der Waals surface area contributed by atoms with Crippen molar-refractivity contribution in [2.45, 2.75) is 25.9 Å². The van der Waals surface area contributed by atoms with Crippen molar-refractivity contribution in [2.75, 3.05) is 20.3 Å². The summed E-state index contributed by atoms with van der Waals surface area (Å²) in [6, 6.07) is -0.0790. The molecule has 0 aromatic carbocycles. The molecule has 1 aromatic rings. The largest absolute Gasteiger partial charge is 0.394 e. The van der Waals surface area contributed by atoms with Crippen LogP contribution in [-0.2, 0) is 17.7 Å². The fourth-order valence-corrected chi connectivity index (χ4v) is 1.39. The first-order valence-electron chi connectivity index (χ1n) is 4.97. The van der Waals surface area contributed by atoms with Gasteiger partial charge in [-0.05, 0) is 6.92 Å². The van der Waals surface area contributed by atoms with Crippen molar-refractivity contribution in [3.63, 3.8) is 0 Å². The zero-order chi connectivity index (χ0) is 11.3. The van der Waals surface area contributed by atoms with Gasteiger partial charge >= 0.3 is 0 Å². The molecule has 1 atom stereocenters. The molecule has 0 aliphatic carbocycles. The Labute approximate surface area is 89.0 Å². The van der Waals surface area contributed by atoms with Gasteiger partial charge in [-0.25, -0.2) is 4.68 Å². The highest BCUT2D eigenvalue weighted by atomic mass is 16.5. The van der Waals surface area contributed by atoms with E-state index in [0.29, 0.717) is 19.6 Å². The number of hydrogen-bond acceptors (Lipinski definition) is 5. The van der Waals surface area contributed by atoms with Crippen LogP contribution >= 0.6 is 0 Å². The molecule has 1 rings (SSSR count). The van der Waals surface area contributed by atoms with E-state index >= 15 is 0 Å². The topological polar surface area (TPSA) is 86.2 Å². The molecule has 3 N–H and O–H groups in total. The summed E-state index contributed by atoms with van der Waals surface area (Å²) >= 11 is 0. The van der Waals surface area contributed by atoms with E-state index in [-0.39, 0.29) is 12.6 Å². The maximum Gasteiger partial charge on any atom is 0.0995 e. The van der Waals surface area contributed by atoms with Gasteiger partial charge in [0.2, 0.25) is 0 Å². The zero-order valence-electron chi connectivity index (χ0n) is 9.18. The molecular formula is C9H18N4O2. The van der Waals surface area contributed by atoms with Gasteiger partial charge in [0.15, 0.2) is 0 Å². The minimum absolute atomic E-state index is 0.0351. The van der Waals surface area contributed by atoms with Crippen molar-refractivity contribution in [3.8, 4) is 0 Å². The molecule has 0 aliphatic heterocycles. The Morgan fingerprint density at radius 1 is 1.60 bits per heavy atom. The van der Waals surface area contributed by atoms with Crippen LogP contribution in [0, 0.1) is 0 Å². The van der Waals surface area contributed by atoms with Gasteiger partial charge in [-0.3, -0.25) is 0 Å². The minimum atomic E-state index is -0.0790. The molecule has 1 unspecified atom stereocenters. The average Bonchev–Trinajstić information content (AvgIpc) is 2.67. The normalized spacial score (nSPS) is 13.1. The number of nitrogens with two attached hydrogens (primary N) is 1. The van der Waals surface area contributed by atoms with Crippen LogP contribution in [-0.4, -0.2) is 40.4 Å². The second kappa shape index (κ2) is 5.79. The Bertz CT molecular complexity index is 300. The van der Waals surface area contributed by atoms with Crippen molar-refractivity contribution >= 4 is 0 Å². The van der Waals surface area contributed by atoms with E-state index < -0.39 is 0 Å². The lowest BCUT2D eigenvalue weighted by Gasteiger charge is -2.12. The van der Waals surface area contributed by atoms with Crippen LogP contribution in [0.4, 0.5) is 0 Å². The Balaban J connectivity index is 2.89. The smallest absolute Gasteiger partial charge is 0.0995 e. The highest BCUT2D eigenvalue weighted by Crippen LogP contribution is 2.12. The van der Waals surface area contributed by atoms with Gasteiger partial charge < -0.3 is 15.6 Å². The number of aromatic nitrogens is 3. The summed E-state index contributed by atoms with van der Waals surface area (Å²) < 4.78 is 6.72. The molecule has 86 valence electrons. The minimum Gasteiger partial charge on any atom is -0.394 e. The molecule has 6 heteroatoms. The van der Waals surface area contributed by atoms with Gasteiger partial charge in [-0.15, -0.1) is 5.10 Å². The van der Waals surface area contributed by atoms with E-state index in [2.05, 4.69) is 10.3 Å². The molecule has 0 bridgehead atoms. The average molecular weight is 214 g/mol. The first kappa shape index (κ1) is 12.1. The van der Waals surface area contributed by atoms with Crippen molar-refractivity contribution in [1.29, 1.82) is 0 Å². The molecule has 1 aromatic heterocycles. The number of rotatable bonds is 6. The Morgan fingerprint density at radius 3 is 2.87 bits per heavy atom. The lowest BCUT2D eigenvalue weighted by atomic mass is 10.2. The van der Waals surface area contributed by atoms with Gasteiger partial charge in [-0.1, -0.05) is 5.21 Å².